The first-order valence-corrected chi connectivity index (χ1v) is 9.10. The van der Waals surface area contributed by atoms with Crippen LogP contribution in [0.2, 0.25) is 0 Å². The van der Waals surface area contributed by atoms with Crippen LogP contribution in [0.1, 0.15) is 34.1 Å². The molecule has 2 heterocycles. The Morgan fingerprint density at radius 1 is 1.43 bits per heavy atom. The van der Waals surface area contributed by atoms with Crippen LogP contribution in [0.15, 0.2) is 12.3 Å². The quantitative estimate of drug-likeness (QED) is 0.912. The van der Waals surface area contributed by atoms with Gasteiger partial charge in [-0.3, -0.25) is 0 Å². The molecular weight excluding hydrogens is 288 g/mol. The lowest BCUT2D eigenvalue weighted by Crippen LogP contribution is -2.37. The van der Waals surface area contributed by atoms with Gasteiger partial charge >= 0.3 is 0 Å². The Morgan fingerprint density at radius 2 is 2.14 bits per heavy atom. The van der Waals surface area contributed by atoms with E-state index < -0.39 is 9.84 Å². The lowest BCUT2D eigenvalue weighted by Gasteiger charge is -2.28. The smallest absolute Gasteiger partial charge is 0.225 e. The van der Waals surface area contributed by atoms with Crippen LogP contribution in [0, 0.1) is 0 Å². The predicted molar refractivity (Wildman–Crippen MR) is 85.5 cm³/mol. The van der Waals surface area contributed by atoms with E-state index >= 15 is 0 Å². The van der Waals surface area contributed by atoms with Crippen molar-refractivity contribution in [2.75, 3.05) is 28.3 Å². The molecule has 0 radical (unpaired) electrons. The van der Waals surface area contributed by atoms with Crippen molar-refractivity contribution >= 4 is 21.6 Å². The van der Waals surface area contributed by atoms with Crippen molar-refractivity contribution < 1.29 is 8.42 Å². The lowest BCUT2D eigenvalue weighted by molar-refractivity contribution is 0.599. The molecule has 0 bridgehead atoms. The lowest BCUT2D eigenvalue weighted by atomic mass is 10.1. The highest BCUT2D eigenvalue weighted by molar-refractivity contribution is 7.91. The molecule has 6 nitrogen and oxygen atoms in total. The van der Waals surface area contributed by atoms with Gasteiger partial charge in [0.1, 0.15) is 5.82 Å². The molecule has 0 saturated carbocycles. The topological polar surface area (TPSA) is 75.2 Å². The Balaban J connectivity index is 2.21. The fourth-order valence-corrected chi connectivity index (χ4v) is 4.26. The molecule has 1 atom stereocenters. The van der Waals surface area contributed by atoms with Crippen molar-refractivity contribution in [2.45, 2.75) is 45.7 Å². The molecule has 21 heavy (non-hydrogen) atoms. The minimum atomic E-state index is -2.90. The molecule has 0 amide bonds. The van der Waals surface area contributed by atoms with E-state index in [1.54, 1.807) is 6.20 Å². The standard InChI is InChI=1S/C14H24N4O2S/c1-5-18(11-7-9-21(19,20)10-11)12-6-8-15-13(16-12)17-14(2,3)4/h6,8,11H,5,7,9-10H2,1-4H3,(H,15,16,17). The van der Waals surface area contributed by atoms with Gasteiger partial charge in [0.05, 0.1) is 11.5 Å². The minimum absolute atomic E-state index is 0.0115. The van der Waals surface area contributed by atoms with Crippen LogP contribution in [0.5, 0.6) is 0 Å². The zero-order valence-electron chi connectivity index (χ0n) is 13.1. The van der Waals surface area contributed by atoms with Gasteiger partial charge in [-0.1, -0.05) is 0 Å². The highest BCUT2D eigenvalue weighted by atomic mass is 32.2. The van der Waals surface area contributed by atoms with Gasteiger partial charge in [-0.05, 0) is 40.2 Å². The minimum Gasteiger partial charge on any atom is -0.353 e. The maximum atomic E-state index is 11.7. The number of hydrogen-bond acceptors (Lipinski definition) is 6. The van der Waals surface area contributed by atoms with E-state index in [1.807, 2.05) is 33.8 Å². The van der Waals surface area contributed by atoms with Gasteiger partial charge in [-0.2, -0.15) is 4.98 Å². The largest absolute Gasteiger partial charge is 0.353 e. The number of nitrogens with zero attached hydrogens (tertiary/aromatic N) is 3. The third-order valence-electron chi connectivity index (χ3n) is 3.41. The van der Waals surface area contributed by atoms with Gasteiger partial charge in [0.15, 0.2) is 9.84 Å². The SMILES string of the molecule is CCN(c1ccnc(NC(C)(C)C)n1)C1CCS(=O)(=O)C1. The van der Waals surface area contributed by atoms with E-state index in [0.29, 0.717) is 12.4 Å². The number of nitrogens with one attached hydrogen (secondary N) is 1. The Hall–Kier alpha value is -1.37. The van der Waals surface area contributed by atoms with Crippen LogP contribution in [-0.2, 0) is 9.84 Å². The molecule has 0 aliphatic carbocycles. The van der Waals surface area contributed by atoms with Gasteiger partial charge in [-0.15, -0.1) is 0 Å². The Morgan fingerprint density at radius 3 is 2.67 bits per heavy atom. The zero-order chi connectivity index (χ0) is 15.7. The van der Waals surface area contributed by atoms with Crippen LogP contribution in [-0.4, -0.2) is 48.0 Å². The maximum absolute atomic E-state index is 11.7. The summed E-state index contributed by atoms with van der Waals surface area (Å²) in [6, 6.07) is 1.85. The van der Waals surface area contributed by atoms with Crippen LogP contribution in [0.4, 0.5) is 11.8 Å². The Kier molecular flexibility index (Phi) is 4.41. The zero-order valence-corrected chi connectivity index (χ0v) is 13.9. The van der Waals surface area contributed by atoms with Crippen LogP contribution in [0.3, 0.4) is 0 Å². The van der Waals surface area contributed by atoms with Gasteiger partial charge in [-0.25, -0.2) is 13.4 Å². The number of aromatic nitrogens is 2. The first kappa shape index (κ1) is 16.0. The molecule has 0 spiro atoms. The summed E-state index contributed by atoms with van der Waals surface area (Å²) in [6.07, 6.45) is 2.38. The summed E-state index contributed by atoms with van der Waals surface area (Å²) in [4.78, 5) is 10.8. The van der Waals surface area contributed by atoms with E-state index in [9.17, 15) is 8.42 Å². The number of anilines is 2. The fourth-order valence-electron chi connectivity index (χ4n) is 2.53. The summed E-state index contributed by atoms with van der Waals surface area (Å²) in [5, 5.41) is 3.24. The second-order valence-electron chi connectivity index (χ2n) is 6.46. The second-order valence-corrected chi connectivity index (χ2v) is 8.69. The van der Waals surface area contributed by atoms with E-state index in [0.717, 1.165) is 12.4 Å². The highest BCUT2D eigenvalue weighted by Crippen LogP contribution is 2.23. The van der Waals surface area contributed by atoms with Crippen molar-refractivity contribution in [3.05, 3.63) is 12.3 Å². The van der Waals surface area contributed by atoms with Gasteiger partial charge in [0.2, 0.25) is 5.95 Å². The van der Waals surface area contributed by atoms with Crippen LogP contribution >= 0.6 is 0 Å². The molecular formula is C14H24N4O2S. The van der Waals surface area contributed by atoms with Crippen LogP contribution in [0.25, 0.3) is 0 Å². The van der Waals surface area contributed by atoms with Crippen molar-refractivity contribution in [1.82, 2.24) is 9.97 Å². The van der Waals surface area contributed by atoms with Gasteiger partial charge in [0.25, 0.3) is 0 Å². The third-order valence-corrected chi connectivity index (χ3v) is 5.16. The van der Waals surface area contributed by atoms with Gasteiger partial charge in [0, 0.05) is 24.3 Å². The monoisotopic (exact) mass is 312 g/mol. The first-order chi connectivity index (χ1) is 9.70. The predicted octanol–water partition coefficient (Wildman–Crippen LogP) is 1.70. The Labute approximate surface area is 126 Å². The summed E-state index contributed by atoms with van der Waals surface area (Å²) < 4.78 is 23.4. The summed E-state index contributed by atoms with van der Waals surface area (Å²) >= 11 is 0. The molecule has 118 valence electrons. The third kappa shape index (κ3) is 4.30. The summed E-state index contributed by atoms with van der Waals surface area (Å²) in [5.41, 5.74) is -0.119. The summed E-state index contributed by atoms with van der Waals surface area (Å²) in [7, 11) is -2.90. The number of rotatable bonds is 4. The molecule has 2 rings (SSSR count). The molecule has 1 aliphatic heterocycles. The maximum Gasteiger partial charge on any atom is 0.225 e. The molecule has 1 unspecified atom stereocenters. The van der Waals surface area contributed by atoms with E-state index in [1.165, 1.54) is 0 Å². The number of hydrogen-bond donors (Lipinski definition) is 1. The van der Waals surface area contributed by atoms with E-state index in [2.05, 4.69) is 20.2 Å². The number of sulfone groups is 1. The molecule has 1 fully saturated rings. The molecule has 1 aromatic rings. The van der Waals surface area contributed by atoms with Crippen molar-refractivity contribution in [2.24, 2.45) is 0 Å². The Bertz CT molecular complexity index is 595. The molecule has 1 aliphatic rings. The molecule has 1 saturated heterocycles. The molecule has 1 aromatic heterocycles. The second kappa shape index (κ2) is 5.79. The van der Waals surface area contributed by atoms with Crippen molar-refractivity contribution in [1.29, 1.82) is 0 Å². The first-order valence-electron chi connectivity index (χ1n) is 7.28. The van der Waals surface area contributed by atoms with E-state index in [-0.39, 0.29) is 23.1 Å². The molecule has 1 N–H and O–H groups in total. The average Bonchev–Trinajstić information content (AvgIpc) is 2.69. The van der Waals surface area contributed by atoms with Gasteiger partial charge < -0.3 is 10.2 Å². The van der Waals surface area contributed by atoms with Crippen molar-refractivity contribution in [3.8, 4) is 0 Å². The summed E-state index contributed by atoms with van der Waals surface area (Å²) in [5.74, 6) is 1.83. The highest BCUT2D eigenvalue weighted by Gasteiger charge is 2.32. The summed E-state index contributed by atoms with van der Waals surface area (Å²) in [6.45, 7) is 8.88. The molecule has 7 heteroatoms. The average molecular weight is 312 g/mol. The fraction of sp³-hybridized carbons (Fsp3) is 0.714. The molecule has 0 aromatic carbocycles. The normalized spacial score (nSPS) is 21.2. The van der Waals surface area contributed by atoms with Crippen molar-refractivity contribution in [3.63, 3.8) is 0 Å². The van der Waals surface area contributed by atoms with E-state index in [4.69, 9.17) is 0 Å². The van der Waals surface area contributed by atoms with Crippen LogP contribution < -0.4 is 10.2 Å².